The van der Waals surface area contributed by atoms with Crippen LogP contribution < -0.4 is 28.4 Å². The lowest BCUT2D eigenvalue weighted by molar-refractivity contribution is 0.0720. The van der Waals surface area contributed by atoms with Crippen molar-refractivity contribution in [2.75, 3.05) is 13.2 Å². The molecule has 72 heavy (non-hydrogen) atoms. The van der Waals surface area contributed by atoms with E-state index in [1.54, 1.807) is 115 Å². The minimum Gasteiger partial charge on any atom is -0.494 e. The fraction of sp³-hybridized carbons (Fsp3) is 0.328. The van der Waals surface area contributed by atoms with E-state index in [1.165, 1.54) is 113 Å². The zero-order valence-corrected chi connectivity index (χ0v) is 41.7. The first kappa shape index (κ1) is 53.8. The van der Waals surface area contributed by atoms with Gasteiger partial charge in [0.1, 0.15) is 34.5 Å². The van der Waals surface area contributed by atoms with E-state index >= 15 is 0 Å². The highest BCUT2D eigenvalue weighted by Gasteiger charge is 2.15. The summed E-state index contributed by atoms with van der Waals surface area (Å²) in [6, 6.07) is 39.6. The van der Waals surface area contributed by atoms with Crippen molar-refractivity contribution in [3.63, 3.8) is 0 Å². The molecule has 0 heterocycles. The van der Waals surface area contributed by atoms with Crippen molar-refractivity contribution >= 4 is 35.8 Å². The molecule has 0 aromatic heterocycles. The molecule has 0 aliphatic carbocycles. The Hall–Kier alpha value is -7.53. The minimum absolute atomic E-state index is 0.271. The Morgan fingerprint density at radius 2 is 0.681 bits per heavy atom. The van der Waals surface area contributed by atoms with Crippen LogP contribution in [-0.4, -0.2) is 43.3 Å². The minimum atomic E-state index is -0.590. The molecule has 0 fully saturated rings. The SMILES string of the molecule is CCCCCCCCCCOc1ccc(C(=O)Oc2ccc(C(=O)Oc3ccc(C=Nc4cccc(OC(=O)c5ccc(OC(=O)c6ccc(OCCCCCCCCCC)cc6)cc5)c4)cc3)cc2)cc1. The number of ether oxygens (including phenoxy) is 6. The summed E-state index contributed by atoms with van der Waals surface area (Å²) in [5, 5.41) is 0. The van der Waals surface area contributed by atoms with Crippen LogP contribution in [0, 0.1) is 0 Å². The summed E-state index contributed by atoms with van der Waals surface area (Å²) in [7, 11) is 0. The molecule has 0 atom stereocenters. The first-order valence-electron chi connectivity index (χ1n) is 25.5. The predicted octanol–water partition coefficient (Wildman–Crippen LogP) is 15.4. The summed E-state index contributed by atoms with van der Waals surface area (Å²) in [6.07, 6.45) is 21.3. The number of unbranched alkanes of at least 4 members (excludes halogenated alkanes) is 14. The fourth-order valence-electron chi connectivity index (χ4n) is 7.61. The van der Waals surface area contributed by atoms with Crippen LogP contribution in [0.25, 0.3) is 0 Å². The molecule has 11 heteroatoms. The molecular weight excluding hydrogens is 907 g/mol. The second kappa shape index (κ2) is 30.3. The van der Waals surface area contributed by atoms with Gasteiger partial charge in [-0.15, -0.1) is 0 Å². The van der Waals surface area contributed by atoms with Crippen LogP contribution in [0.2, 0.25) is 0 Å². The summed E-state index contributed by atoms with van der Waals surface area (Å²) in [5.41, 5.74) is 2.60. The highest BCUT2D eigenvalue weighted by atomic mass is 16.5. The number of benzene rings is 6. The van der Waals surface area contributed by atoms with E-state index in [9.17, 15) is 19.2 Å². The number of aliphatic imine (C=N–C) groups is 1. The maximum absolute atomic E-state index is 13.0. The monoisotopic (exact) mass is 973 g/mol. The van der Waals surface area contributed by atoms with Gasteiger partial charge in [-0.2, -0.15) is 0 Å². The zero-order chi connectivity index (χ0) is 50.6. The average molecular weight is 974 g/mol. The predicted molar refractivity (Wildman–Crippen MR) is 282 cm³/mol. The Labute approximate surface area is 424 Å². The molecule has 0 unspecified atom stereocenters. The van der Waals surface area contributed by atoms with E-state index in [4.69, 9.17) is 28.4 Å². The number of esters is 4. The van der Waals surface area contributed by atoms with Crippen LogP contribution in [0.1, 0.15) is 164 Å². The number of hydrogen-bond donors (Lipinski definition) is 0. The van der Waals surface area contributed by atoms with Crippen molar-refractivity contribution < 1.29 is 47.6 Å². The fourth-order valence-corrected chi connectivity index (χ4v) is 7.61. The second-order valence-corrected chi connectivity index (χ2v) is 17.6. The quantitative estimate of drug-likeness (QED) is 0.0186. The Morgan fingerprint density at radius 3 is 1.06 bits per heavy atom. The third kappa shape index (κ3) is 19.0. The van der Waals surface area contributed by atoms with Gasteiger partial charge in [-0.3, -0.25) is 4.99 Å². The lowest BCUT2D eigenvalue weighted by atomic mass is 10.1. The lowest BCUT2D eigenvalue weighted by Crippen LogP contribution is -2.10. The number of carbonyl (C=O) groups is 4. The number of carbonyl (C=O) groups excluding carboxylic acids is 4. The van der Waals surface area contributed by atoms with E-state index in [0.29, 0.717) is 58.8 Å². The standard InChI is InChI=1S/C61H67NO10/c1-3-5-7-9-11-13-15-17-42-67-52-34-24-47(25-35-52)58(63)70-55-38-28-49(29-39-55)60(65)69-54-32-22-46(23-33-54)45-62-51-20-19-21-57(44-51)72-61(66)50-30-40-56(41-31-50)71-59(64)48-26-36-53(37-27-48)68-43-18-16-14-12-10-8-6-4-2/h19-41,44-45H,3-18,42-43H2,1-2H3. The van der Waals surface area contributed by atoms with Gasteiger partial charge in [-0.05, 0) is 152 Å². The van der Waals surface area contributed by atoms with Gasteiger partial charge in [0.15, 0.2) is 0 Å². The molecule has 376 valence electrons. The molecular formula is C61H67NO10. The van der Waals surface area contributed by atoms with Crippen LogP contribution in [0.5, 0.6) is 34.5 Å². The van der Waals surface area contributed by atoms with Gasteiger partial charge in [0.05, 0.1) is 41.2 Å². The van der Waals surface area contributed by atoms with Crippen molar-refractivity contribution in [3.05, 3.63) is 173 Å². The molecule has 0 radical (unpaired) electrons. The van der Waals surface area contributed by atoms with Crippen LogP contribution >= 0.6 is 0 Å². The maximum Gasteiger partial charge on any atom is 0.343 e. The summed E-state index contributed by atoms with van der Waals surface area (Å²) in [6.45, 7) is 5.74. The van der Waals surface area contributed by atoms with Gasteiger partial charge in [0, 0.05) is 12.3 Å². The van der Waals surface area contributed by atoms with Crippen LogP contribution in [0.3, 0.4) is 0 Å². The Balaban J connectivity index is 0.882. The van der Waals surface area contributed by atoms with Crippen molar-refractivity contribution in [3.8, 4) is 34.5 Å². The van der Waals surface area contributed by atoms with Crippen LogP contribution in [0.4, 0.5) is 5.69 Å². The van der Waals surface area contributed by atoms with E-state index < -0.39 is 23.9 Å². The summed E-state index contributed by atoms with van der Waals surface area (Å²) < 4.78 is 33.9. The zero-order valence-electron chi connectivity index (χ0n) is 41.7. The largest absolute Gasteiger partial charge is 0.494 e. The van der Waals surface area contributed by atoms with Gasteiger partial charge >= 0.3 is 23.9 Å². The summed E-state index contributed by atoms with van der Waals surface area (Å²) in [4.78, 5) is 56.0. The number of rotatable bonds is 30. The molecule has 0 aliphatic heterocycles. The molecule has 6 aromatic rings. The van der Waals surface area contributed by atoms with Gasteiger partial charge in [-0.1, -0.05) is 110 Å². The average Bonchev–Trinajstić information content (AvgIpc) is 3.40. The first-order valence-corrected chi connectivity index (χ1v) is 25.5. The van der Waals surface area contributed by atoms with Gasteiger partial charge < -0.3 is 28.4 Å². The highest BCUT2D eigenvalue weighted by molar-refractivity contribution is 5.94. The van der Waals surface area contributed by atoms with E-state index in [1.807, 2.05) is 0 Å². The molecule has 0 saturated heterocycles. The number of nitrogens with zero attached hydrogens (tertiary/aromatic N) is 1. The van der Waals surface area contributed by atoms with Crippen molar-refractivity contribution in [2.24, 2.45) is 4.99 Å². The molecule has 0 N–H and O–H groups in total. The third-order valence-electron chi connectivity index (χ3n) is 11.8. The molecule has 11 nitrogen and oxygen atoms in total. The molecule has 0 aliphatic rings. The third-order valence-corrected chi connectivity index (χ3v) is 11.8. The summed E-state index contributed by atoms with van der Waals surface area (Å²) >= 11 is 0. The number of hydrogen-bond acceptors (Lipinski definition) is 11. The Kier molecular flexibility index (Phi) is 22.6. The highest BCUT2D eigenvalue weighted by Crippen LogP contribution is 2.24. The van der Waals surface area contributed by atoms with Crippen molar-refractivity contribution in [2.45, 2.75) is 117 Å². The Bertz CT molecular complexity index is 2610. The molecule has 0 bridgehead atoms. The smallest absolute Gasteiger partial charge is 0.343 e. The van der Waals surface area contributed by atoms with Crippen molar-refractivity contribution in [1.82, 2.24) is 0 Å². The molecule has 0 saturated carbocycles. The molecule has 0 spiro atoms. The lowest BCUT2D eigenvalue weighted by Gasteiger charge is -2.09. The summed E-state index contributed by atoms with van der Waals surface area (Å²) in [5.74, 6) is 0.412. The maximum atomic E-state index is 13.0. The first-order chi connectivity index (χ1) is 35.3. The van der Waals surface area contributed by atoms with Crippen molar-refractivity contribution in [1.29, 1.82) is 0 Å². The van der Waals surface area contributed by atoms with Crippen LogP contribution in [-0.2, 0) is 0 Å². The van der Waals surface area contributed by atoms with Gasteiger partial charge in [0.2, 0.25) is 0 Å². The van der Waals surface area contributed by atoms with Crippen LogP contribution in [0.15, 0.2) is 151 Å². The Morgan fingerprint density at radius 1 is 0.361 bits per heavy atom. The van der Waals surface area contributed by atoms with E-state index in [0.717, 1.165) is 31.2 Å². The van der Waals surface area contributed by atoms with E-state index in [-0.39, 0.29) is 16.9 Å². The van der Waals surface area contributed by atoms with Gasteiger partial charge in [0.25, 0.3) is 0 Å². The molecule has 0 amide bonds. The van der Waals surface area contributed by atoms with Gasteiger partial charge in [-0.25, -0.2) is 19.2 Å². The molecule has 6 aromatic carbocycles. The topological polar surface area (TPSA) is 136 Å². The normalized spacial score (nSPS) is 11.0. The van der Waals surface area contributed by atoms with E-state index in [2.05, 4.69) is 18.8 Å². The second-order valence-electron chi connectivity index (χ2n) is 17.6. The molecule has 6 rings (SSSR count).